The van der Waals surface area contributed by atoms with Gasteiger partial charge in [0.05, 0.1) is 11.2 Å². The molecule has 0 aliphatic heterocycles. The van der Waals surface area contributed by atoms with Gasteiger partial charge in [0.1, 0.15) is 0 Å². The molecule has 0 fully saturated rings. The highest BCUT2D eigenvalue weighted by Crippen LogP contribution is 2.24. The van der Waals surface area contributed by atoms with Crippen molar-refractivity contribution >= 4 is 0 Å². The van der Waals surface area contributed by atoms with Crippen molar-refractivity contribution < 1.29 is 9.47 Å². The van der Waals surface area contributed by atoms with E-state index in [1.54, 1.807) is 7.11 Å². The molecule has 0 amide bonds. The fraction of sp³-hybridized carbons (Fsp3) is 1.00. The van der Waals surface area contributed by atoms with Gasteiger partial charge in [-0.2, -0.15) is 0 Å². The highest BCUT2D eigenvalue weighted by molar-refractivity contribution is 4.87. The molecule has 0 aromatic carbocycles. The third kappa shape index (κ3) is 6.72. The van der Waals surface area contributed by atoms with Gasteiger partial charge >= 0.3 is 0 Å². The Morgan fingerprint density at radius 3 is 2.17 bits per heavy atom. The maximum absolute atomic E-state index is 5.88. The van der Waals surface area contributed by atoms with E-state index in [1.165, 1.54) is 0 Å². The largest absolute Gasteiger partial charge is 0.379 e. The van der Waals surface area contributed by atoms with Gasteiger partial charge < -0.3 is 14.8 Å². The zero-order chi connectivity index (χ0) is 14.2. The van der Waals surface area contributed by atoms with E-state index in [9.17, 15) is 0 Å². The summed E-state index contributed by atoms with van der Waals surface area (Å²) in [7, 11) is 1.78. The van der Waals surface area contributed by atoms with E-state index in [-0.39, 0.29) is 11.2 Å². The summed E-state index contributed by atoms with van der Waals surface area (Å²) in [5.41, 5.74) is -0.192. The molecule has 0 spiro atoms. The number of rotatable bonds is 10. The molecule has 3 nitrogen and oxygen atoms in total. The predicted octanol–water partition coefficient (Wildman–Crippen LogP) is 3.37. The fourth-order valence-electron chi connectivity index (χ4n) is 2.08. The molecule has 1 unspecified atom stereocenters. The molecule has 1 atom stereocenters. The van der Waals surface area contributed by atoms with Gasteiger partial charge in [-0.25, -0.2) is 0 Å². The van der Waals surface area contributed by atoms with Gasteiger partial charge in [0, 0.05) is 19.8 Å². The van der Waals surface area contributed by atoms with Gasteiger partial charge in [-0.15, -0.1) is 0 Å². The van der Waals surface area contributed by atoms with Crippen molar-refractivity contribution in [1.82, 2.24) is 5.32 Å². The lowest BCUT2D eigenvalue weighted by atomic mass is 9.89. The quantitative estimate of drug-likeness (QED) is 0.652. The van der Waals surface area contributed by atoms with E-state index in [2.05, 4.69) is 46.9 Å². The molecule has 1 N–H and O–H groups in total. The molecular weight excluding hydrogens is 226 g/mol. The summed E-state index contributed by atoms with van der Waals surface area (Å²) in [6, 6.07) is 0.367. The summed E-state index contributed by atoms with van der Waals surface area (Å²) in [4.78, 5) is 0. The molecule has 0 aliphatic carbocycles. The lowest BCUT2D eigenvalue weighted by molar-refractivity contribution is -0.0494. The van der Waals surface area contributed by atoms with Crippen LogP contribution in [0.15, 0.2) is 0 Å². The molecule has 0 radical (unpaired) electrons. The standard InChI is InChI=1S/C15H33NO2/c1-8-12-16-13(15(5,6)18-9-2)10-11-14(3,4)17-7/h13,16H,8-12H2,1-7H3. The van der Waals surface area contributed by atoms with Crippen LogP contribution in [0.2, 0.25) is 0 Å². The third-order valence-electron chi connectivity index (χ3n) is 3.58. The lowest BCUT2D eigenvalue weighted by Gasteiger charge is -2.36. The summed E-state index contributed by atoms with van der Waals surface area (Å²) >= 11 is 0. The first-order chi connectivity index (χ1) is 8.29. The topological polar surface area (TPSA) is 30.5 Å². The van der Waals surface area contributed by atoms with Crippen LogP contribution in [0.25, 0.3) is 0 Å². The Morgan fingerprint density at radius 2 is 1.72 bits per heavy atom. The maximum Gasteiger partial charge on any atom is 0.0778 e. The van der Waals surface area contributed by atoms with Crippen molar-refractivity contribution in [3.63, 3.8) is 0 Å². The van der Waals surface area contributed by atoms with Crippen LogP contribution in [-0.4, -0.2) is 37.5 Å². The average Bonchev–Trinajstić information content (AvgIpc) is 2.28. The normalized spacial score (nSPS) is 14.8. The van der Waals surface area contributed by atoms with Crippen LogP contribution in [0.5, 0.6) is 0 Å². The van der Waals surface area contributed by atoms with Crippen molar-refractivity contribution in [2.75, 3.05) is 20.3 Å². The van der Waals surface area contributed by atoms with Crippen LogP contribution in [0.4, 0.5) is 0 Å². The molecule has 0 aliphatic rings. The first-order valence-corrected chi connectivity index (χ1v) is 7.21. The summed E-state index contributed by atoms with van der Waals surface area (Å²) in [5, 5.41) is 3.61. The average molecular weight is 259 g/mol. The van der Waals surface area contributed by atoms with Gasteiger partial charge in [-0.05, 0) is 60.4 Å². The SMILES string of the molecule is CCCNC(CCC(C)(C)OC)C(C)(C)OCC. The second-order valence-corrected chi connectivity index (χ2v) is 6.05. The van der Waals surface area contributed by atoms with Crippen LogP contribution >= 0.6 is 0 Å². The smallest absolute Gasteiger partial charge is 0.0778 e. The van der Waals surface area contributed by atoms with Crippen molar-refractivity contribution in [3.8, 4) is 0 Å². The summed E-state index contributed by atoms with van der Waals surface area (Å²) in [6.45, 7) is 14.6. The van der Waals surface area contributed by atoms with Gasteiger partial charge in [0.15, 0.2) is 0 Å². The number of methoxy groups -OCH3 is 1. The van der Waals surface area contributed by atoms with Crippen molar-refractivity contribution in [3.05, 3.63) is 0 Å². The van der Waals surface area contributed by atoms with E-state index < -0.39 is 0 Å². The van der Waals surface area contributed by atoms with Crippen molar-refractivity contribution in [2.45, 2.75) is 78.0 Å². The van der Waals surface area contributed by atoms with E-state index in [1.807, 2.05) is 0 Å². The Labute approximate surface area is 114 Å². The van der Waals surface area contributed by atoms with Gasteiger partial charge in [0.25, 0.3) is 0 Å². The highest BCUT2D eigenvalue weighted by atomic mass is 16.5. The van der Waals surface area contributed by atoms with Crippen LogP contribution in [0.1, 0.15) is 60.8 Å². The van der Waals surface area contributed by atoms with E-state index in [0.717, 1.165) is 32.4 Å². The molecule has 0 bridgehead atoms. The molecule has 18 heavy (non-hydrogen) atoms. The van der Waals surface area contributed by atoms with E-state index in [0.29, 0.717) is 6.04 Å². The van der Waals surface area contributed by atoms with Crippen LogP contribution in [0.3, 0.4) is 0 Å². The lowest BCUT2D eigenvalue weighted by Crippen LogP contribution is -2.49. The minimum Gasteiger partial charge on any atom is -0.379 e. The van der Waals surface area contributed by atoms with Crippen LogP contribution in [-0.2, 0) is 9.47 Å². The summed E-state index contributed by atoms with van der Waals surface area (Å²) in [6.07, 6.45) is 3.24. The summed E-state index contributed by atoms with van der Waals surface area (Å²) in [5.74, 6) is 0. The van der Waals surface area contributed by atoms with Crippen molar-refractivity contribution in [1.29, 1.82) is 0 Å². The minimum absolute atomic E-state index is 0.0611. The predicted molar refractivity (Wildman–Crippen MR) is 78.1 cm³/mol. The van der Waals surface area contributed by atoms with Gasteiger partial charge in [0.2, 0.25) is 0 Å². The minimum atomic E-state index is -0.131. The molecule has 0 rings (SSSR count). The molecule has 110 valence electrons. The molecule has 0 saturated heterocycles. The first-order valence-electron chi connectivity index (χ1n) is 7.21. The zero-order valence-corrected chi connectivity index (χ0v) is 13.4. The number of hydrogen-bond donors (Lipinski definition) is 1. The maximum atomic E-state index is 5.88. The molecule has 0 heterocycles. The Morgan fingerprint density at radius 1 is 1.11 bits per heavy atom. The Bertz CT molecular complexity index is 215. The first kappa shape index (κ1) is 17.9. The molecule has 0 aromatic heterocycles. The summed E-state index contributed by atoms with van der Waals surface area (Å²) < 4.78 is 11.4. The van der Waals surface area contributed by atoms with E-state index in [4.69, 9.17) is 9.47 Å². The second kappa shape index (κ2) is 8.13. The Hall–Kier alpha value is -0.120. The third-order valence-corrected chi connectivity index (χ3v) is 3.58. The molecule has 0 saturated carbocycles. The number of hydrogen-bond acceptors (Lipinski definition) is 3. The molecular formula is C15H33NO2. The zero-order valence-electron chi connectivity index (χ0n) is 13.4. The van der Waals surface area contributed by atoms with Crippen LogP contribution < -0.4 is 5.32 Å². The fourth-order valence-corrected chi connectivity index (χ4v) is 2.08. The van der Waals surface area contributed by atoms with Crippen molar-refractivity contribution in [2.24, 2.45) is 0 Å². The van der Waals surface area contributed by atoms with Gasteiger partial charge in [-0.1, -0.05) is 6.92 Å². The van der Waals surface area contributed by atoms with E-state index >= 15 is 0 Å². The Kier molecular flexibility index (Phi) is 8.08. The monoisotopic (exact) mass is 259 g/mol. The highest BCUT2D eigenvalue weighted by Gasteiger charge is 2.31. The molecule has 0 aromatic rings. The number of nitrogens with one attached hydrogen (secondary N) is 1. The molecule has 3 heteroatoms. The second-order valence-electron chi connectivity index (χ2n) is 6.05. The van der Waals surface area contributed by atoms with Gasteiger partial charge in [-0.3, -0.25) is 0 Å². The Balaban J connectivity index is 4.48. The number of ether oxygens (including phenoxy) is 2. The van der Waals surface area contributed by atoms with Crippen LogP contribution in [0, 0.1) is 0 Å².